The van der Waals surface area contributed by atoms with Gasteiger partial charge in [0, 0.05) is 32.7 Å². The Balaban J connectivity index is 1.71. The Labute approximate surface area is 160 Å². The number of benzene rings is 2. The van der Waals surface area contributed by atoms with E-state index in [1.54, 1.807) is 11.0 Å². The fourth-order valence-corrected chi connectivity index (χ4v) is 3.45. The van der Waals surface area contributed by atoms with Gasteiger partial charge in [0.05, 0.1) is 6.04 Å². The molecule has 2 aromatic rings. The van der Waals surface area contributed by atoms with Crippen molar-refractivity contribution in [1.82, 2.24) is 15.1 Å². The summed E-state index contributed by atoms with van der Waals surface area (Å²) in [5.41, 5.74) is 2.46. The third-order valence-electron chi connectivity index (χ3n) is 4.80. The summed E-state index contributed by atoms with van der Waals surface area (Å²) in [5, 5.41) is 2.55. The minimum absolute atomic E-state index is 0.138. The Morgan fingerprint density at radius 3 is 1.93 bits per heavy atom. The van der Waals surface area contributed by atoms with Gasteiger partial charge in [-0.3, -0.25) is 14.5 Å². The standard InChI is InChI=1S/C22H25N3O2/c1-2-13-23-21(26)22(27)25-16-14-24(15-17-25)20(18-9-5-3-6-10-18)19-11-7-4-8-12-19/h2-12,20H,1,13-17H2,(H,23,26). The average Bonchev–Trinajstić information content (AvgIpc) is 2.74. The van der Waals surface area contributed by atoms with Crippen LogP contribution >= 0.6 is 0 Å². The summed E-state index contributed by atoms with van der Waals surface area (Å²) in [4.78, 5) is 28.2. The highest BCUT2D eigenvalue weighted by Gasteiger charge is 2.30. The van der Waals surface area contributed by atoms with Crippen LogP contribution in [0.5, 0.6) is 0 Å². The molecule has 0 aromatic heterocycles. The van der Waals surface area contributed by atoms with E-state index in [9.17, 15) is 9.59 Å². The van der Waals surface area contributed by atoms with Gasteiger partial charge in [0.2, 0.25) is 0 Å². The molecule has 140 valence electrons. The summed E-state index contributed by atoms with van der Waals surface area (Å²) in [6, 6.07) is 20.9. The van der Waals surface area contributed by atoms with E-state index >= 15 is 0 Å². The van der Waals surface area contributed by atoms with Crippen LogP contribution in [-0.4, -0.2) is 54.3 Å². The van der Waals surface area contributed by atoms with E-state index < -0.39 is 11.8 Å². The molecular formula is C22H25N3O2. The molecule has 0 radical (unpaired) electrons. The van der Waals surface area contributed by atoms with Crippen LogP contribution in [0.4, 0.5) is 0 Å². The lowest BCUT2D eigenvalue weighted by molar-refractivity contribution is -0.147. The van der Waals surface area contributed by atoms with Gasteiger partial charge in [-0.15, -0.1) is 6.58 Å². The Hall–Kier alpha value is -2.92. The molecule has 5 heteroatoms. The molecule has 0 saturated carbocycles. The fourth-order valence-electron chi connectivity index (χ4n) is 3.45. The maximum Gasteiger partial charge on any atom is 0.311 e. The quantitative estimate of drug-likeness (QED) is 0.655. The molecule has 1 fully saturated rings. The first kappa shape index (κ1) is 18.9. The molecular weight excluding hydrogens is 338 g/mol. The van der Waals surface area contributed by atoms with Crippen LogP contribution < -0.4 is 5.32 Å². The Morgan fingerprint density at radius 2 is 1.44 bits per heavy atom. The number of nitrogens with zero attached hydrogens (tertiary/aromatic N) is 2. The third-order valence-corrected chi connectivity index (χ3v) is 4.80. The molecule has 3 rings (SSSR count). The first-order valence-electron chi connectivity index (χ1n) is 9.22. The van der Waals surface area contributed by atoms with E-state index in [2.05, 4.69) is 65.3 Å². The topological polar surface area (TPSA) is 52.7 Å². The molecule has 0 spiro atoms. The van der Waals surface area contributed by atoms with Gasteiger partial charge in [0.1, 0.15) is 0 Å². The lowest BCUT2D eigenvalue weighted by Crippen LogP contribution is -2.53. The van der Waals surface area contributed by atoms with Crippen molar-refractivity contribution in [1.29, 1.82) is 0 Å². The lowest BCUT2D eigenvalue weighted by Gasteiger charge is -2.39. The predicted molar refractivity (Wildman–Crippen MR) is 106 cm³/mol. The van der Waals surface area contributed by atoms with Crippen LogP contribution in [-0.2, 0) is 9.59 Å². The van der Waals surface area contributed by atoms with Crippen LogP contribution in [0.3, 0.4) is 0 Å². The number of piperazine rings is 1. The third kappa shape index (κ3) is 4.63. The van der Waals surface area contributed by atoms with Gasteiger partial charge < -0.3 is 10.2 Å². The van der Waals surface area contributed by atoms with E-state index in [0.29, 0.717) is 19.6 Å². The van der Waals surface area contributed by atoms with E-state index in [4.69, 9.17) is 0 Å². The van der Waals surface area contributed by atoms with Crippen LogP contribution in [0, 0.1) is 0 Å². The molecule has 27 heavy (non-hydrogen) atoms. The number of amides is 2. The molecule has 0 aliphatic carbocycles. The monoisotopic (exact) mass is 363 g/mol. The second-order valence-corrected chi connectivity index (χ2v) is 6.55. The summed E-state index contributed by atoms with van der Waals surface area (Å²) < 4.78 is 0. The van der Waals surface area contributed by atoms with Crippen LogP contribution in [0.15, 0.2) is 73.3 Å². The fraction of sp³-hybridized carbons (Fsp3) is 0.273. The zero-order chi connectivity index (χ0) is 19.1. The van der Waals surface area contributed by atoms with Gasteiger partial charge in [-0.25, -0.2) is 0 Å². The molecule has 0 bridgehead atoms. The van der Waals surface area contributed by atoms with Gasteiger partial charge in [-0.2, -0.15) is 0 Å². The van der Waals surface area contributed by atoms with Crippen LogP contribution in [0.2, 0.25) is 0 Å². The predicted octanol–water partition coefficient (Wildman–Crippen LogP) is 2.22. The van der Waals surface area contributed by atoms with Gasteiger partial charge in [-0.1, -0.05) is 66.7 Å². The first-order chi connectivity index (χ1) is 13.2. The van der Waals surface area contributed by atoms with Gasteiger partial charge in [0.15, 0.2) is 0 Å². The number of carbonyl (C=O) groups is 2. The number of carbonyl (C=O) groups excluding carboxylic acids is 2. The number of hydrogen-bond acceptors (Lipinski definition) is 3. The molecule has 1 heterocycles. The van der Waals surface area contributed by atoms with Gasteiger partial charge in [0.25, 0.3) is 0 Å². The van der Waals surface area contributed by atoms with Crippen molar-refractivity contribution in [3.63, 3.8) is 0 Å². The second-order valence-electron chi connectivity index (χ2n) is 6.55. The van der Waals surface area contributed by atoms with E-state index in [1.165, 1.54) is 11.1 Å². The van der Waals surface area contributed by atoms with Crippen molar-refractivity contribution in [2.45, 2.75) is 6.04 Å². The molecule has 1 N–H and O–H groups in total. The molecule has 0 unspecified atom stereocenters. The molecule has 2 amide bonds. The summed E-state index contributed by atoms with van der Waals surface area (Å²) in [7, 11) is 0. The largest absolute Gasteiger partial charge is 0.344 e. The number of nitrogens with one attached hydrogen (secondary N) is 1. The van der Waals surface area contributed by atoms with Crippen molar-refractivity contribution in [2.75, 3.05) is 32.7 Å². The summed E-state index contributed by atoms with van der Waals surface area (Å²) >= 11 is 0. The van der Waals surface area contributed by atoms with Gasteiger partial charge >= 0.3 is 11.8 Å². The van der Waals surface area contributed by atoms with Crippen molar-refractivity contribution in [2.24, 2.45) is 0 Å². The van der Waals surface area contributed by atoms with Crippen molar-refractivity contribution < 1.29 is 9.59 Å². The van der Waals surface area contributed by atoms with Crippen molar-refractivity contribution >= 4 is 11.8 Å². The molecule has 1 saturated heterocycles. The van der Waals surface area contributed by atoms with Crippen molar-refractivity contribution in [3.8, 4) is 0 Å². The second kappa shape index (κ2) is 9.14. The highest BCUT2D eigenvalue weighted by Crippen LogP contribution is 2.29. The SMILES string of the molecule is C=CCNC(=O)C(=O)N1CCN(C(c2ccccc2)c2ccccc2)CC1. The van der Waals surface area contributed by atoms with Gasteiger partial charge in [-0.05, 0) is 11.1 Å². The first-order valence-corrected chi connectivity index (χ1v) is 9.22. The normalized spacial score (nSPS) is 14.8. The zero-order valence-corrected chi connectivity index (χ0v) is 15.4. The van der Waals surface area contributed by atoms with Crippen LogP contribution in [0.25, 0.3) is 0 Å². The smallest absolute Gasteiger partial charge is 0.311 e. The van der Waals surface area contributed by atoms with E-state index in [1.807, 2.05) is 12.1 Å². The molecule has 0 atom stereocenters. The minimum atomic E-state index is -0.564. The average molecular weight is 363 g/mol. The van der Waals surface area contributed by atoms with E-state index in [0.717, 1.165) is 13.1 Å². The van der Waals surface area contributed by atoms with Crippen LogP contribution in [0.1, 0.15) is 17.2 Å². The molecule has 5 nitrogen and oxygen atoms in total. The maximum absolute atomic E-state index is 12.3. The Bertz CT molecular complexity index is 729. The zero-order valence-electron chi connectivity index (χ0n) is 15.4. The molecule has 2 aromatic carbocycles. The molecule has 1 aliphatic heterocycles. The minimum Gasteiger partial charge on any atom is -0.344 e. The lowest BCUT2D eigenvalue weighted by atomic mass is 9.96. The van der Waals surface area contributed by atoms with Crippen molar-refractivity contribution in [3.05, 3.63) is 84.4 Å². The number of rotatable bonds is 5. The highest BCUT2D eigenvalue weighted by atomic mass is 16.2. The maximum atomic E-state index is 12.3. The Kier molecular flexibility index (Phi) is 6.39. The Morgan fingerprint density at radius 1 is 0.926 bits per heavy atom. The number of hydrogen-bond donors (Lipinski definition) is 1. The molecule has 1 aliphatic rings. The summed E-state index contributed by atoms with van der Waals surface area (Å²) in [6.07, 6.45) is 1.56. The highest BCUT2D eigenvalue weighted by molar-refractivity contribution is 6.35. The summed E-state index contributed by atoms with van der Waals surface area (Å²) in [6.45, 7) is 6.36. The summed E-state index contributed by atoms with van der Waals surface area (Å²) in [5.74, 6) is -1.03. The van der Waals surface area contributed by atoms with E-state index in [-0.39, 0.29) is 6.04 Å².